The van der Waals surface area contributed by atoms with Gasteiger partial charge in [0.1, 0.15) is 6.04 Å². The molecule has 1 heterocycles. The number of rotatable bonds is 5. The number of aromatic nitrogens is 1. The second-order valence-corrected chi connectivity index (χ2v) is 5.59. The molecule has 2 aromatic rings. The molecule has 2 rings (SSSR count). The van der Waals surface area contributed by atoms with E-state index >= 15 is 0 Å². The number of esters is 1. The van der Waals surface area contributed by atoms with Crippen LogP contribution in [0.2, 0.25) is 0 Å². The minimum Gasteiger partial charge on any atom is -0.454 e. The molecule has 0 saturated heterocycles. The molecule has 1 unspecified atom stereocenters. The average molecular weight is 320 g/mol. The van der Waals surface area contributed by atoms with Crippen LogP contribution in [0.5, 0.6) is 0 Å². The first kappa shape index (κ1) is 16.8. The minimum absolute atomic E-state index is 0.0130. The number of carbonyl (C=O) groups is 2. The zero-order valence-electron chi connectivity index (χ0n) is 13.6. The van der Waals surface area contributed by atoms with Gasteiger partial charge in [-0.05, 0) is 32.9 Å². The highest BCUT2D eigenvalue weighted by atomic mass is 16.5. The van der Waals surface area contributed by atoms with Crippen LogP contribution in [0.15, 0.2) is 33.5 Å². The topological polar surface area (TPSA) is 81.8 Å². The van der Waals surface area contributed by atoms with Crippen molar-refractivity contribution in [2.45, 2.75) is 32.9 Å². The van der Waals surface area contributed by atoms with Gasteiger partial charge in [0.15, 0.2) is 12.2 Å². The largest absolute Gasteiger partial charge is 0.454 e. The van der Waals surface area contributed by atoms with Gasteiger partial charge in [-0.25, -0.2) is 9.59 Å². The van der Waals surface area contributed by atoms with Gasteiger partial charge in [0, 0.05) is 13.1 Å². The summed E-state index contributed by atoms with van der Waals surface area (Å²) in [5.41, 5.74) is 0.903. The molecule has 1 aromatic heterocycles. The lowest BCUT2D eigenvalue weighted by molar-refractivity contribution is -0.154. The van der Waals surface area contributed by atoms with Crippen LogP contribution in [0.1, 0.15) is 26.8 Å². The van der Waals surface area contributed by atoms with Gasteiger partial charge in [-0.15, -0.1) is 0 Å². The highest BCUT2D eigenvalue weighted by molar-refractivity contribution is 5.83. The summed E-state index contributed by atoms with van der Waals surface area (Å²) in [7, 11) is 1.64. The normalized spacial score (nSPS) is 12.4. The number of para-hydroxylation sites is 2. The molecule has 0 aliphatic heterocycles. The molecule has 0 aliphatic carbocycles. The summed E-state index contributed by atoms with van der Waals surface area (Å²) in [5, 5.41) is 0. The van der Waals surface area contributed by atoms with Gasteiger partial charge in [-0.2, -0.15) is 0 Å². The summed E-state index contributed by atoms with van der Waals surface area (Å²) in [6.07, 6.45) is 0. The minimum atomic E-state index is -0.886. The molecule has 0 N–H and O–H groups in total. The zero-order chi connectivity index (χ0) is 17.1. The summed E-state index contributed by atoms with van der Waals surface area (Å²) in [6, 6.07) is 5.93. The molecule has 23 heavy (non-hydrogen) atoms. The maximum Gasteiger partial charge on any atom is 0.420 e. The molecule has 7 heteroatoms. The second-order valence-electron chi connectivity index (χ2n) is 5.59. The summed E-state index contributed by atoms with van der Waals surface area (Å²) in [6.45, 7) is 4.89. The molecule has 0 saturated carbocycles. The van der Waals surface area contributed by atoms with Gasteiger partial charge in [0.05, 0.1) is 5.52 Å². The molecule has 0 spiro atoms. The maximum atomic E-state index is 12.1. The molecule has 1 atom stereocenters. The zero-order valence-corrected chi connectivity index (χ0v) is 13.6. The van der Waals surface area contributed by atoms with Crippen molar-refractivity contribution in [3.05, 3.63) is 34.8 Å². The summed E-state index contributed by atoms with van der Waals surface area (Å²) >= 11 is 0. The number of benzene rings is 1. The van der Waals surface area contributed by atoms with Crippen molar-refractivity contribution in [1.29, 1.82) is 0 Å². The van der Waals surface area contributed by atoms with Crippen molar-refractivity contribution in [2.75, 3.05) is 13.7 Å². The first-order valence-corrected chi connectivity index (χ1v) is 7.35. The van der Waals surface area contributed by atoms with Gasteiger partial charge in [0.25, 0.3) is 5.91 Å². The number of nitrogens with zero attached hydrogens (tertiary/aromatic N) is 2. The van der Waals surface area contributed by atoms with Crippen LogP contribution in [-0.4, -0.2) is 41.0 Å². The molecular weight excluding hydrogens is 300 g/mol. The van der Waals surface area contributed by atoms with Crippen LogP contribution >= 0.6 is 0 Å². The van der Waals surface area contributed by atoms with Crippen molar-refractivity contribution in [3.63, 3.8) is 0 Å². The molecule has 1 aromatic carbocycles. The van der Waals surface area contributed by atoms with Crippen molar-refractivity contribution in [1.82, 2.24) is 9.47 Å². The number of ether oxygens (including phenoxy) is 1. The van der Waals surface area contributed by atoms with Crippen molar-refractivity contribution in [2.24, 2.45) is 0 Å². The van der Waals surface area contributed by atoms with E-state index in [4.69, 9.17) is 9.15 Å². The fraction of sp³-hybridized carbons (Fsp3) is 0.438. The Bertz CT molecular complexity index is 774. The second kappa shape index (κ2) is 6.68. The standard InChI is InChI=1S/C16H20N2O5/c1-10(2)17(4)14(19)9-22-15(20)11(3)18-12-7-5-6-8-13(12)23-16(18)21/h5-8,10-11H,9H2,1-4H3. The van der Waals surface area contributed by atoms with Crippen LogP contribution in [0.25, 0.3) is 11.1 Å². The number of amides is 1. The Morgan fingerprint density at radius 3 is 2.57 bits per heavy atom. The Kier molecular flexibility index (Phi) is 4.88. The van der Waals surface area contributed by atoms with E-state index in [-0.39, 0.29) is 18.6 Å². The Balaban J connectivity index is 2.12. The summed E-state index contributed by atoms with van der Waals surface area (Å²) < 4.78 is 11.3. The molecule has 0 aliphatic rings. The Morgan fingerprint density at radius 2 is 1.91 bits per heavy atom. The SMILES string of the molecule is CC(C)N(C)C(=O)COC(=O)C(C)n1c(=O)oc2ccccc21. The molecule has 0 bridgehead atoms. The Morgan fingerprint density at radius 1 is 1.26 bits per heavy atom. The van der Waals surface area contributed by atoms with E-state index in [1.165, 1.54) is 16.4 Å². The summed E-state index contributed by atoms with van der Waals surface area (Å²) in [5.74, 6) is -1.60. The van der Waals surface area contributed by atoms with Crippen molar-refractivity contribution < 1.29 is 18.7 Å². The van der Waals surface area contributed by atoms with Crippen molar-refractivity contribution in [3.8, 4) is 0 Å². The van der Waals surface area contributed by atoms with E-state index in [9.17, 15) is 14.4 Å². The third kappa shape index (κ3) is 3.44. The highest BCUT2D eigenvalue weighted by Crippen LogP contribution is 2.17. The van der Waals surface area contributed by atoms with Crippen molar-refractivity contribution >= 4 is 23.0 Å². The molecule has 1 amide bonds. The lowest BCUT2D eigenvalue weighted by Crippen LogP contribution is -2.37. The van der Waals surface area contributed by atoms with E-state index < -0.39 is 17.8 Å². The van der Waals surface area contributed by atoms with Gasteiger partial charge >= 0.3 is 11.7 Å². The average Bonchev–Trinajstić information content (AvgIpc) is 2.86. The molecular formula is C16H20N2O5. The molecule has 0 radical (unpaired) electrons. The summed E-state index contributed by atoms with van der Waals surface area (Å²) in [4.78, 5) is 37.4. The third-order valence-electron chi connectivity index (χ3n) is 3.75. The van der Waals surface area contributed by atoms with E-state index in [2.05, 4.69) is 0 Å². The lowest BCUT2D eigenvalue weighted by atomic mass is 10.3. The predicted molar refractivity (Wildman–Crippen MR) is 84.1 cm³/mol. The predicted octanol–water partition coefficient (Wildman–Crippen LogP) is 1.57. The van der Waals surface area contributed by atoms with Gasteiger partial charge in [0.2, 0.25) is 0 Å². The van der Waals surface area contributed by atoms with E-state index in [0.29, 0.717) is 11.1 Å². The van der Waals surface area contributed by atoms with E-state index in [1.54, 1.807) is 31.3 Å². The number of likely N-dealkylation sites (N-methyl/N-ethyl adjacent to an activating group) is 1. The number of fused-ring (bicyclic) bond motifs is 1. The van der Waals surface area contributed by atoms with Crippen LogP contribution in [0.3, 0.4) is 0 Å². The number of oxazole rings is 1. The van der Waals surface area contributed by atoms with Crippen LogP contribution in [0.4, 0.5) is 0 Å². The molecule has 7 nitrogen and oxygen atoms in total. The Hall–Kier alpha value is -2.57. The number of hydrogen-bond acceptors (Lipinski definition) is 5. The molecule has 124 valence electrons. The smallest absolute Gasteiger partial charge is 0.420 e. The quantitative estimate of drug-likeness (QED) is 0.781. The lowest BCUT2D eigenvalue weighted by Gasteiger charge is -2.21. The highest BCUT2D eigenvalue weighted by Gasteiger charge is 2.24. The van der Waals surface area contributed by atoms with Gasteiger partial charge < -0.3 is 14.1 Å². The van der Waals surface area contributed by atoms with Crippen LogP contribution < -0.4 is 5.76 Å². The van der Waals surface area contributed by atoms with Crippen LogP contribution in [0, 0.1) is 0 Å². The monoisotopic (exact) mass is 320 g/mol. The number of hydrogen-bond donors (Lipinski definition) is 0. The molecule has 0 fully saturated rings. The fourth-order valence-electron chi connectivity index (χ4n) is 2.10. The first-order chi connectivity index (χ1) is 10.8. The number of carbonyl (C=O) groups excluding carboxylic acids is 2. The first-order valence-electron chi connectivity index (χ1n) is 7.35. The Labute approximate surface area is 133 Å². The van der Waals surface area contributed by atoms with Crippen LogP contribution in [-0.2, 0) is 14.3 Å². The van der Waals surface area contributed by atoms with E-state index in [1.807, 2.05) is 13.8 Å². The van der Waals surface area contributed by atoms with Gasteiger partial charge in [-0.1, -0.05) is 12.1 Å². The maximum absolute atomic E-state index is 12.1. The van der Waals surface area contributed by atoms with Gasteiger partial charge in [-0.3, -0.25) is 9.36 Å². The van der Waals surface area contributed by atoms with E-state index in [0.717, 1.165) is 0 Å². The fourth-order valence-corrected chi connectivity index (χ4v) is 2.10. The third-order valence-corrected chi connectivity index (χ3v) is 3.75.